The smallest absolute Gasteiger partial charge is 0.303 e. The zero-order chi connectivity index (χ0) is 40.5. The summed E-state index contributed by atoms with van der Waals surface area (Å²) in [6.07, 6.45) is -4.78. The van der Waals surface area contributed by atoms with Crippen LogP contribution in [0.5, 0.6) is 0 Å². The van der Waals surface area contributed by atoms with Gasteiger partial charge in [-0.2, -0.15) is 0 Å². The molecular weight excluding hydrogens is 729 g/mol. The minimum atomic E-state index is -1.25. The molecule has 0 aliphatic carbocycles. The maximum absolute atomic E-state index is 13.7. The van der Waals surface area contributed by atoms with Crippen LogP contribution in [0.15, 0.2) is 78.9 Å². The summed E-state index contributed by atoms with van der Waals surface area (Å²) in [5.41, 5.74) is 3.12. The number of para-hydroxylation sites is 1. The SMILES string of the molecule is CC(=O)OC[C@H]1O[C@@H](CCc2ccc([C@@H]3[C@@H](CC[C@H](OC(C)=O)c4ccc(F)cc4)C(=O)N3c3ccccc3)cc2)[C@H](OC(C)=O)[C@@H](OC(C)=O)[C@@H]1OC(C)=O. The Balaban J connectivity index is 1.36. The second-order valence-corrected chi connectivity index (χ2v) is 13.8. The van der Waals surface area contributed by atoms with E-state index < -0.39 is 78.2 Å². The highest BCUT2D eigenvalue weighted by molar-refractivity contribution is 6.03. The Morgan fingerprint density at radius 3 is 1.86 bits per heavy atom. The topological polar surface area (TPSA) is 161 Å². The lowest BCUT2D eigenvalue weighted by molar-refractivity contribution is -0.253. The second kappa shape index (κ2) is 18.8. The van der Waals surface area contributed by atoms with Crippen LogP contribution in [-0.2, 0) is 63.6 Å². The second-order valence-electron chi connectivity index (χ2n) is 13.8. The number of aryl methyl sites for hydroxylation is 1. The molecule has 0 radical (unpaired) electrons. The van der Waals surface area contributed by atoms with Crippen molar-refractivity contribution in [2.24, 2.45) is 5.92 Å². The fraction of sp³-hybridized carbons (Fsp3) is 0.429. The van der Waals surface area contributed by atoms with Crippen molar-refractivity contribution in [2.45, 2.75) is 103 Å². The summed E-state index contributed by atoms with van der Waals surface area (Å²) in [6, 6.07) is 22.4. The van der Waals surface area contributed by atoms with E-state index in [9.17, 15) is 33.2 Å². The summed E-state index contributed by atoms with van der Waals surface area (Å²) in [5, 5.41) is 0. The molecule has 56 heavy (non-hydrogen) atoms. The van der Waals surface area contributed by atoms with E-state index in [1.165, 1.54) is 46.8 Å². The molecule has 298 valence electrons. The van der Waals surface area contributed by atoms with Crippen LogP contribution in [-0.4, -0.2) is 72.9 Å². The fourth-order valence-electron chi connectivity index (χ4n) is 7.33. The largest absolute Gasteiger partial charge is 0.463 e. The summed E-state index contributed by atoms with van der Waals surface area (Å²) in [6.45, 7) is 5.74. The molecule has 2 saturated heterocycles. The number of amides is 1. The molecule has 0 saturated carbocycles. The van der Waals surface area contributed by atoms with Gasteiger partial charge in [-0.3, -0.25) is 28.8 Å². The summed E-state index contributed by atoms with van der Waals surface area (Å²) >= 11 is 0. The van der Waals surface area contributed by atoms with Gasteiger partial charge in [0.15, 0.2) is 18.3 Å². The van der Waals surface area contributed by atoms with Gasteiger partial charge < -0.3 is 33.3 Å². The summed E-state index contributed by atoms with van der Waals surface area (Å²) in [4.78, 5) is 75.7. The van der Waals surface area contributed by atoms with Crippen LogP contribution in [0.3, 0.4) is 0 Å². The molecule has 8 atom stereocenters. The van der Waals surface area contributed by atoms with Crippen molar-refractivity contribution in [1.82, 2.24) is 0 Å². The maximum atomic E-state index is 13.7. The number of nitrogens with zero attached hydrogens (tertiary/aromatic N) is 1. The van der Waals surface area contributed by atoms with Gasteiger partial charge in [0.25, 0.3) is 0 Å². The number of benzene rings is 3. The highest BCUT2D eigenvalue weighted by atomic mass is 19.1. The van der Waals surface area contributed by atoms with Gasteiger partial charge in [-0.15, -0.1) is 0 Å². The lowest BCUT2D eigenvalue weighted by Crippen LogP contribution is -2.62. The van der Waals surface area contributed by atoms with Crippen LogP contribution in [0.4, 0.5) is 10.1 Å². The lowest BCUT2D eigenvalue weighted by Gasteiger charge is -2.48. The van der Waals surface area contributed by atoms with E-state index in [0.717, 1.165) is 16.8 Å². The number of hydrogen-bond acceptors (Lipinski definition) is 12. The normalized spacial score (nSPS) is 23.6. The minimum absolute atomic E-state index is 0.0744. The molecule has 0 N–H and O–H groups in total. The van der Waals surface area contributed by atoms with E-state index in [1.807, 2.05) is 54.6 Å². The van der Waals surface area contributed by atoms with Gasteiger partial charge in [0.1, 0.15) is 24.6 Å². The van der Waals surface area contributed by atoms with E-state index in [0.29, 0.717) is 24.8 Å². The number of halogens is 1. The predicted molar refractivity (Wildman–Crippen MR) is 197 cm³/mol. The van der Waals surface area contributed by atoms with E-state index in [-0.39, 0.29) is 25.0 Å². The average Bonchev–Trinajstić information content (AvgIpc) is 3.14. The van der Waals surface area contributed by atoms with Crippen molar-refractivity contribution >= 4 is 41.4 Å². The van der Waals surface area contributed by atoms with E-state index >= 15 is 0 Å². The molecule has 2 fully saturated rings. The van der Waals surface area contributed by atoms with Crippen molar-refractivity contribution in [3.8, 4) is 0 Å². The summed E-state index contributed by atoms with van der Waals surface area (Å²) in [7, 11) is 0. The van der Waals surface area contributed by atoms with Crippen LogP contribution < -0.4 is 4.90 Å². The van der Waals surface area contributed by atoms with Crippen molar-refractivity contribution in [1.29, 1.82) is 0 Å². The first kappa shape index (κ1) is 41.5. The third kappa shape index (κ3) is 10.6. The molecular formula is C42H46FNO12. The van der Waals surface area contributed by atoms with Crippen LogP contribution in [0.25, 0.3) is 0 Å². The molecule has 2 aliphatic heterocycles. The standard InChI is InChI=1S/C42H46FNO12/c1-24(45)51-23-37-40(54-27(4)48)41(55-28(5)49)39(53-26(3)47)36(56-37)21-13-29-11-14-31(15-12-29)38-34(42(50)44(38)33-9-7-6-8-10-33)20-22-35(52-25(2)46)30-16-18-32(43)19-17-30/h6-12,14-19,34-41H,13,20-23H2,1-5H3/t34-,35+,36+,37-,38-,39+,40-,41-/m1/s1. The number of esters is 5. The molecule has 0 aromatic heterocycles. The summed E-state index contributed by atoms with van der Waals surface area (Å²) in [5.74, 6) is -4.09. The molecule has 1 amide bonds. The molecule has 0 spiro atoms. The van der Waals surface area contributed by atoms with Gasteiger partial charge in [-0.1, -0.05) is 54.6 Å². The Hall–Kier alpha value is -5.63. The Bertz CT molecular complexity index is 1870. The zero-order valence-electron chi connectivity index (χ0n) is 31.9. The van der Waals surface area contributed by atoms with Gasteiger partial charge in [0.05, 0.1) is 18.1 Å². The Morgan fingerprint density at radius 1 is 0.696 bits per heavy atom. The Kier molecular flexibility index (Phi) is 13.9. The number of carbonyl (C=O) groups excluding carboxylic acids is 6. The number of hydrogen-bond donors (Lipinski definition) is 0. The minimum Gasteiger partial charge on any atom is -0.463 e. The van der Waals surface area contributed by atoms with Crippen molar-refractivity contribution in [2.75, 3.05) is 11.5 Å². The van der Waals surface area contributed by atoms with E-state index in [2.05, 4.69) is 0 Å². The molecule has 3 aromatic carbocycles. The molecule has 14 heteroatoms. The van der Waals surface area contributed by atoms with Crippen LogP contribution >= 0.6 is 0 Å². The molecule has 0 bridgehead atoms. The zero-order valence-corrected chi connectivity index (χ0v) is 31.9. The van der Waals surface area contributed by atoms with Crippen molar-refractivity contribution < 1.29 is 61.6 Å². The number of ether oxygens (including phenoxy) is 6. The Morgan fingerprint density at radius 2 is 1.29 bits per heavy atom. The van der Waals surface area contributed by atoms with Crippen LogP contribution in [0, 0.1) is 11.7 Å². The molecule has 2 heterocycles. The molecule has 5 rings (SSSR count). The Labute approximate surface area is 324 Å². The molecule has 0 unspecified atom stereocenters. The molecule has 13 nitrogen and oxygen atoms in total. The molecule has 3 aromatic rings. The van der Waals surface area contributed by atoms with Gasteiger partial charge in [0.2, 0.25) is 5.91 Å². The van der Waals surface area contributed by atoms with Gasteiger partial charge in [-0.05, 0) is 66.6 Å². The van der Waals surface area contributed by atoms with Gasteiger partial charge >= 0.3 is 29.8 Å². The van der Waals surface area contributed by atoms with E-state index in [1.54, 1.807) is 17.0 Å². The number of carbonyl (C=O) groups is 6. The maximum Gasteiger partial charge on any atom is 0.303 e. The van der Waals surface area contributed by atoms with Gasteiger partial charge in [0, 0.05) is 40.3 Å². The molecule has 2 aliphatic rings. The highest BCUT2D eigenvalue weighted by Gasteiger charge is 2.52. The number of rotatable bonds is 15. The average molecular weight is 776 g/mol. The first-order valence-corrected chi connectivity index (χ1v) is 18.4. The fourth-order valence-corrected chi connectivity index (χ4v) is 7.33. The van der Waals surface area contributed by atoms with Crippen molar-refractivity contribution in [3.63, 3.8) is 0 Å². The van der Waals surface area contributed by atoms with Crippen LogP contribution in [0.2, 0.25) is 0 Å². The number of anilines is 1. The monoisotopic (exact) mass is 775 g/mol. The van der Waals surface area contributed by atoms with Crippen LogP contribution in [0.1, 0.15) is 82.7 Å². The first-order chi connectivity index (χ1) is 26.7. The third-order valence-corrected chi connectivity index (χ3v) is 9.66. The predicted octanol–water partition coefficient (Wildman–Crippen LogP) is 5.67. The van der Waals surface area contributed by atoms with E-state index in [4.69, 9.17) is 28.4 Å². The summed E-state index contributed by atoms with van der Waals surface area (Å²) < 4.78 is 47.4. The quantitative estimate of drug-likeness (QED) is 0.106. The highest BCUT2D eigenvalue weighted by Crippen LogP contribution is 2.46. The number of β-lactam (4-membered cyclic amide) rings is 1. The lowest BCUT2D eigenvalue weighted by atomic mass is 9.78. The van der Waals surface area contributed by atoms with Gasteiger partial charge in [-0.25, -0.2) is 4.39 Å². The third-order valence-electron chi connectivity index (χ3n) is 9.66. The first-order valence-electron chi connectivity index (χ1n) is 18.4. The van der Waals surface area contributed by atoms with Crippen molar-refractivity contribution in [3.05, 3.63) is 101 Å².